The van der Waals surface area contributed by atoms with Gasteiger partial charge in [0.2, 0.25) is 5.91 Å². The van der Waals surface area contributed by atoms with Gasteiger partial charge in [-0.3, -0.25) is 4.79 Å². The molecule has 0 aromatic carbocycles. The molecule has 0 unspecified atom stereocenters. The van der Waals surface area contributed by atoms with E-state index in [1.54, 1.807) is 0 Å². The van der Waals surface area contributed by atoms with Crippen LogP contribution < -0.4 is 5.32 Å². The van der Waals surface area contributed by atoms with E-state index in [4.69, 9.17) is 13.8 Å². The van der Waals surface area contributed by atoms with Crippen molar-refractivity contribution in [2.75, 3.05) is 32.7 Å². The molecule has 0 saturated carbocycles. The molecule has 6 heteroatoms. The van der Waals surface area contributed by atoms with Crippen LogP contribution in [0, 0.1) is 0 Å². The molecule has 1 heterocycles. The first-order chi connectivity index (χ1) is 8.69. The minimum Gasteiger partial charge on any atom is -0.372 e. The Morgan fingerprint density at radius 2 is 1.94 bits per heavy atom. The number of carbonyl (C=O) groups excluding carboxylic acids is 1. The Hall–Kier alpha value is -0.480. The van der Waals surface area contributed by atoms with E-state index in [2.05, 4.69) is 5.32 Å². The number of carbonyl (C=O) groups is 1. The smallest absolute Gasteiger partial charge is 0.247 e. The monoisotopic (exact) mass is 275 g/mol. The lowest BCUT2D eigenvalue weighted by molar-refractivity contribution is -0.116. The molecule has 0 fully saturated rings. The Labute approximate surface area is 110 Å². The maximum Gasteiger partial charge on any atom is 0.247 e. The Balaban J connectivity index is 2.21. The molecule has 5 nitrogen and oxygen atoms in total. The fraction of sp³-hybridized carbons (Fsp3) is 0.750. The average molecular weight is 275 g/mol. The van der Waals surface area contributed by atoms with Crippen molar-refractivity contribution in [3.05, 3.63) is 11.1 Å². The van der Waals surface area contributed by atoms with Gasteiger partial charge >= 0.3 is 0 Å². The van der Waals surface area contributed by atoms with E-state index in [1.165, 1.54) is 0 Å². The van der Waals surface area contributed by atoms with Gasteiger partial charge in [-0.05, 0) is 26.3 Å². The number of rotatable bonds is 9. The molecular weight excluding hydrogens is 253 g/mol. The summed E-state index contributed by atoms with van der Waals surface area (Å²) in [7, 11) is -0.946. The van der Waals surface area contributed by atoms with E-state index < -0.39 is 8.38 Å². The fourth-order valence-corrected chi connectivity index (χ4v) is 2.74. The quantitative estimate of drug-likeness (QED) is 0.517. The maximum absolute atomic E-state index is 11.4. The van der Waals surface area contributed by atoms with Crippen LogP contribution in [0.3, 0.4) is 0 Å². The van der Waals surface area contributed by atoms with Gasteiger partial charge in [-0.1, -0.05) is 0 Å². The highest BCUT2D eigenvalue weighted by Gasteiger charge is 2.19. The van der Waals surface area contributed by atoms with Crippen molar-refractivity contribution >= 4 is 14.3 Å². The molecule has 0 bridgehead atoms. The predicted molar refractivity (Wildman–Crippen MR) is 71.3 cm³/mol. The highest BCUT2D eigenvalue weighted by atomic mass is 31.2. The van der Waals surface area contributed by atoms with Crippen LogP contribution in [0.4, 0.5) is 0 Å². The van der Waals surface area contributed by atoms with Crippen molar-refractivity contribution in [2.45, 2.75) is 27.2 Å². The molecule has 1 amide bonds. The van der Waals surface area contributed by atoms with Crippen molar-refractivity contribution in [1.29, 1.82) is 0 Å². The maximum atomic E-state index is 11.4. The Bertz CT molecular complexity index is 300. The molecule has 0 radical (unpaired) electrons. The van der Waals surface area contributed by atoms with Gasteiger partial charge in [0.05, 0.1) is 19.8 Å². The summed E-state index contributed by atoms with van der Waals surface area (Å²) in [6.07, 6.45) is 1.12. The molecule has 1 aliphatic rings. The predicted octanol–water partition coefficient (Wildman–Crippen LogP) is 2.18. The van der Waals surface area contributed by atoms with Crippen molar-refractivity contribution in [3.63, 3.8) is 0 Å². The number of hydrogen-bond donors (Lipinski definition) is 1. The largest absolute Gasteiger partial charge is 0.372 e. The van der Waals surface area contributed by atoms with Crippen LogP contribution in [0.2, 0.25) is 0 Å². The summed E-state index contributed by atoms with van der Waals surface area (Å²) >= 11 is 0. The molecule has 1 N–H and O–H groups in total. The molecule has 0 aromatic rings. The fourth-order valence-electron chi connectivity index (χ4n) is 1.66. The third-order valence-electron chi connectivity index (χ3n) is 2.54. The zero-order chi connectivity index (χ0) is 13.4. The first-order valence-electron chi connectivity index (χ1n) is 6.27. The third kappa shape index (κ3) is 5.02. The van der Waals surface area contributed by atoms with E-state index >= 15 is 0 Å². The third-order valence-corrected chi connectivity index (χ3v) is 4.03. The first kappa shape index (κ1) is 15.6. The SMILES string of the molecule is CCOP(COCCC1=C(C)CNC1=O)OCC. The van der Waals surface area contributed by atoms with Crippen LogP contribution in [-0.2, 0) is 18.6 Å². The van der Waals surface area contributed by atoms with Gasteiger partial charge in [0, 0.05) is 18.5 Å². The lowest BCUT2D eigenvalue weighted by Gasteiger charge is -2.15. The zero-order valence-corrected chi connectivity index (χ0v) is 12.2. The second kappa shape index (κ2) is 8.59. The molecule has 0 atom stereocenters. The standard InChI is InChI=1S/C12H22NO4P/c1-4-16-18(17-5-2)9-15-7-6-11-10(3)8-13-12(11)14/h4-9H2,1-3H3,(H,13,14). The van der Waals surface area contributed by atoms with E-state index in [9.17, 15) is 4.79 Å². The van der Waals surface area contributed by atoms with Crippen LogP contribution >= 0.6 is 8.38 Å². The van der Waals surface area contributed by atoms with Crippen LogP contribution in [0.5, 0.6) is 0 Å². The van der Waals surface area contributed by atoms with Crippen LogP contribution in [0.15, 0.2) is 11.1 Å². The second-order valence-corrected chi connectivity index (χ2v) is 5.34. The lowest BCUT2D eigenvalue weighted by Crippen LogP contribution is -2.18. The topological polar surface area (TPSA) is 56.8 Å². The summed E-state index contributed by atoms with van der Waals surface area (Å²) < 4.78 is 16.4. The highest BCUT2D eigenvalue weighted by molar-refractivity contribution is 7.47. The zero-order valence-electron chi connectivity index (χ0n) is 11.3. The summed E-state index contributed by atoms with van der Waals surface area (Å²) in [5.41, 5.74) is 1.97. The second-order valence-electron chi connectivity index (χ2n) is 3.90. The van der Waals surface area contributed by atoms with Crippen molar-refractivity contribution < 1.29 is 18.6 Å². The minimum absolute atomic E-state index is 0.0352. The van der Waals surface area contributed by atoms with E-state index in [-0.39, 0.29) is 5.91 Å². The van der Waals surface area contributed by atoms with Crippen LogP contribution in [0.25, 0.3) is 0 Å². The Morgan fingerprint density at radius 3 is 2.44 bits per heavy atom. The normalized spacial score (nSPS) is 15.7. The van der Waals surface area contributed by atoms with Crippen molar-refractivity contribution in [1.82, 2.24) is 5.32 Å². The minimum atomic E-state index is -0.946. The average Bonchev–Trinajstić information content (AvgIpc) is 2.66. The summed E-state index contributed by atoms with van der Waals surface area (Å²) in [6.45, 7) is 8.29. The van der Waals surface area contributed by atoms with Crippen LogP contribution in [0.1, 0.15) is 27.2 Å². The van der Waals surface area contributed by atoms with Gasteiger partial charge in [-0.25, -0.2) is 0 Å². The van der Waals surface area contributed by atoms with Gasteiger partial charge < -0.3 is 19.1 Å². The molecular formula is C12H22NO4P. The summed E-state index contributed by atoms with van der Waals surface area (Å²) in [6, 6.07) is 0. The van der Waals surface area contributed by atoms with Gasteiger partial charge in [0.1, 0.15) is 6.35 Å². The van der Waals surface area contributed by atoms with E-state index in [1.807, 2.05) is 20.8 Å². The van der Waals surface area contributed by atoms with Crippen molar-refractivity contribution in [2.24, 2.45) is 0 Å². The number of amides is 1. The lowest BCUT2D eigenvalue weighted by atomic mass is 10.1. The Kier molecular flexibility index (Phi) is 7.44. The molecule has 0 aliphatic carbocycles. The Morgan fingerprint density at radius 1 is 1.28 bits per heavy atom. The molecule has 0 saturated heterocycles. The molecule has 18 heavy (non-hydrogen) atoms. The summed E-state index contributed by atoms with van der Waals surface area (Å²) in [5, 5.41) is 2.80. The molecule has 1 aliphatic heterocycles. The van der Waals surface area contributed by atoms with E-state index in [0.29, 0.717) is 39.1 Å². The molecule has 0 spiro atoms. The van der Waals surface area contributed by atoms with Crippen LogP contribution in [-0.4, -0.2) is 38.6 Å². The number of nitrogens with one attached hydrogen (secondary N) is 1. The molecule has 0 aromatic heterocycles. The molecule has 104 valence electrons. The highest BCUT2D eigenvalue weighted by Crippen LogP contribution is 2.37. The van der Waals surface area contributed by atoms with Gasteiger partial charge in [-0.2, -0.15) is 0 Å². The summed E-state index contributed by atoms with van der Waals surface area (Å²) in [5.74, 6) is 0.0352. The first-order valence-corrected chi connectivity index (χ1v) is 7.63. The van der Waals surface area contributed by atoms with Gasteiger partial charge in [0.15, 0.2) is 8.38 Å². The number of ether oxygens (including phenoxy) is 1. The molecule has 1 rings (SSSR count). The van der Waals surface area contributed by atoms with Gasteiger partial charge in [-0.15, -0.1) is 0 Å². The van der Waals surface area contributed by atoms with Crippen molar-refractivity contribution in [3.8, 4) is 0 Å². The summed E-state index contributed by atoms with van der Waals surface area (Å²) in [4.78, 5) is 11.4. The van der Waals surface area contributed by atoms with E-state index in [0.717, 1.165) is 11.1 Å². The van der Waals surface area contributed by atoms with Gasteiger partial charge in [0.25, 0.3) is 0 Å². The number of hydrogen-bond acceptors (Lipinski definition) is 4.